The van der Waals surface area contributed by atoms with Crippen LogP contribution < -0.4 is 15.4 Å². The first-order valence-electron chi connectivity index (χ1n) is 7.94. The van der Waals surface area contributed by atoms with E-state index in [0.717, 1.165) is 0 Å². The van der Waals surface area contributed by atoms with Gasteiger partial charge < -0.3 is 15.4 Å². The van der Waals surface area contributed by atoms with Crippen LogP contribution in [0, 0.1) is 5.41 Å². The molecular formula is C19H20Cl2N2O3. The minimum atomic E-state index is -0.503. The first-order valence-corrected chi connectivity index (χ1v) is 8.70. The fourth-order valence-corrected chi connectivity index (χ4v) is 2.20. The molecule has 0 radical (unpaired) electrons. The molecule has 5 nitrogen and oxygen atoms in total. The minimum absolute atomic E-state index is 0.105. The van der Waals surface area contributed by atoms with Gasteiger partial charge in [-0.15, -0.1) is 0 Å². The lowest BCUT2D eigenvalue weighted by molar-refractivity contribution is -0.123. The van der Waals surface area contributed by atoms with Crippen LogP contribution in [0.15, 0.2) is 42.5 Å². The molecule has 7 heteroatoms. The highest BCUT2D eigenvalue weighted by atomic mass is 35.5. The Labute approximate surface area is 162 Å². The molecule has 0 aliphatic rings. The number of hydrogen-bond donors (Lipinski definition) is 2. The number of ether oxygens (including phenoxy) is 1. The quantitative estimate of drug-likeness (QED) is 0.749. The average molecular weight is 395 g/mol. The van der Waals surface area contributed by atoms with E-state index in [1.807, 2.05) is 20.8 Å². The molecule has 0 unspecified atom stereocenters. The van der Waals surface area contributed by atoms with Gasteiger partial charge in [-0.25, -0.2) is 0 Å². The Balaban J connectivity index is 1.92. The molecule has 2 rings (SSSR count). The van der Waals surface area contributed by atoms with Crippen LogP contribution >= 0.6 is 23.2 Å². The molecule has 0 atom stereocenters. The predicted molar refractivity (Wildman–Crippen MR) is 105 cm³/mol. The van der Waals surface area contributed by atoms with Crippen molar-refractivity contribution in [3.05, 3.63) is 52.5 Å². The van der Waals surface area contributed by atoms with Crippen LogP contribution in [0.3, 0.4) is 0 Å². The lowest BCUT2D eigenvalue weighted by atomic mass is 9.95. The molecule has 2 aromatic rings. The number of halogens is 2. The van der Waals surface area contributed by atoms with Gasteiger partial charge in [0.15, 0.2) is 6.61 Å². The number of anilines is 2. The predicted octanol–water partition coefficient (Wildman–Crippen LogP) is 5.00. The number of benzene rings is 2. The lowest BCUT2D eigenvalue weighted by Crippen LogP contribution is -2.27. The summed E-state index contributed by atoms with van der Waals surface area (Å²) in [5, 5.41) is 6.25. The van der Waals surface area contributed by atoms with E-state index in [4.69, 9.17) is 27.9 Å². The fraction of sp³-hybridized carbons (Fsp3) is 0.263. The first-order chi connectivity index (χ1) is 12.1. The van der Waals surface area contributed by atoms with Gasteiger partial charge in [-0.05, 0) is 30.3 Å². The highest BCUT2D eigenvalue weighted by Gasteiger charge is 2.21. The Morgan fingerprint density at radius 3 is 2.31 bits per heavy atom. The molecule has 0 aromatic heterocycles. The second-order valence-electron chi connectivity index (χ2n) is 6.70. The van der Waals surface area contributed by atoms with E-state index in [1.165, 1.54) is 0 Å². The van der Waals surface area contributed by atoms with Crippen molar-refractivity contribution in [3.8, 4) is 5.75 Å². The van der Waals surface area contributed by atoms with Crippen molar-refractivity contribution in [2.24, 2.45) is 5.41 Å². The zero-order valence-corrected chi connectivity index (χ0v) is 16.2. The molecule has 0 aliphatic carbocycles. The molecular weight excluding hydrogens is 375 g/mol. The number of carbonyl (C=O) groups is 2. The fourth-order valence-electron chi connectivity index (χ4n) is 1.90. The Hall–Kier alpha value is -2.24. The van der Waals surface area contributed by atoms with Crippen LogP contribution in [0.1, 0.15) is 20.8 Å². The minimum Gasteiger partial charge on any atom is -0.484 e. The Bertz CT molecular complexity index is 817. The maximum Gasteiger partial charge on any atom is 0.262 e. The van der Waals surface area contributed by atoms with Gasteiger partial charge in [-0.3, -0.25) is 9.59 Å². The molecule has 0 saturated heterocycles. The number of rotatable bonds is 5. The summed E-state index contributed by atoms with van der Waals surface area (Å²) >= 11 is 11.8. The van der Waals surface area contributed by atoms with Crippen LogP contribution in [-0.4, -0.2) is 18.4 Å². The normalized spacial score (nSPS) is 11.0. The lowest BCUT2D eigenvalue weighted by Gasteiger charge is -2.18. The van der Waals surface area contributed by atoms with Crippen LogP contribution in [0.5, 0.6) is 5.75 Å². The molecule has 2 N–H and O–H groups in total. The van der Waals surface area contributed by atoms with Crippen LogP contribution in [0.4, 0.5) is 11.4 Å². The van der Waals surface area contributed by atoms with E-state index in [-0.39, 0.29) is 18.4 Å². The third-order valence-corrected chi connectivity index (χ3v) is 4.09. The van der Waals surface area contributed by atoms with E-state index < -0.39 is 5.41 Å². The topological polar surface area (TPSA) is 67.4 Å². The standard InChI is InChI=1S/C19H20Cl2N2O3/c1-19(2,3)18(25)23-12-5-4-6-14(9-12)26-11-17(24)22-13-7-8-15(20)16(21)10-13/h4-10H,11H2,1-3H3,(H,22,24)(H,23,25). The van der Waals surface area contributed by atoms with Crippen LogP contribution in [0.25, 0.3) is 0 Å². The van der Waals surface area contributed by atoms with Gasteiger partial charge in [0.05, 0.1) is 10.0 Å². The summed E-state index contributed by atoms with van der Waals surface area (Å²) in [7, 11) is 0. The van der Waals surface area contributed by atoms with Crippen molar-refractivity contribution in [2.75, 3.05) is 17.2 Å². The Morgan fingerprint density at radius 1 is 0.962 bits per heavy atom. The summed E-state index contributed by atoms with van der Waals surface area (Å²) in [5.41, 5.74) is 0.628. The molecule has 0 aliphatic heterocycles. The molecule has 0 fully saturated rings. The molecule has 2 amide bonds. The number of amides is 2. The maximum atomic E-state index is 12.0. The zero-order chi connectivity index (χ0) is 19.3. The largest absolute Gasteiger partial charge is 0.484 e. The molecule has 0 bridgehead atoms. The van der Waals surface area contributed by atoms with E-state index in [9.17, 15) is 9.59 Å². The van der Waals surface area contributed by atoms with Crippen molar-refractivity contribution in [3.63, 3.8) is 0 Å². The van der Waals surface area contributed by atoms with Crippen molar-refractivity contribution >= 4 is 46.4 Å². The second kappa shape index (κ2) is 8.43. The number of nitrogens with one attached hydrogen (secondary N) is 2. The van der Waals surface area contributed by atoms with E-state index >= 15 is 0 Å². The molecule has 26 heavy (non-hydrogen) atoms. The van der Waals surface area contributed by atoms with Gasteiger partial charge in [0.1, 0.15) is 5.75 Å². The number of carbonyl (C=O) groups excluding carboxylic acids is 2. The van der Waals surface area contributed by atoms with E-state index in [2.05, 4.69) is 10.6 Å². The molecule has 0 saturated carbocycles. The third-order valence-electron chi connectivity index (χ3n) is 3.35. The van der Waals surface area contributed by atoms with Gasteiger partial charge in [0.25, 0.3) is 5.91 Å². The second-order valence-corrected chi connectivity index (χ2v) is 7.51. The van der Waals surface area contributed by atoms with Crippen molar-refractivity contribution in [1.82, 2.24) is 0 Å². The summed E-state index contributed by atoms with van der Waals surface area (Å²) < 4.78 is 5.48. The SMILES string of the molecule is CC(C)(C)C(=O)Nc1cccc(OCC(=O)Nc2ccc(Cl)c(Cl)c2)c1. The smallest absolute Gasteiger partial charge is 0.262 e. The summed E-state index contributed by atoms with van der Waals surface area (Å²) in [4.78, 5) is 24.0. The zero-order valence-electron chi connectivity index (χ0n) is 14.7. The van der Waals surface area contributed by atoms with E-state index in [0.29, 0.717) is 27.2 Å². The highest BCUT2D eigenvalue weighted by Crippen LogP contribution is 2.25. The molecule has 138 valence electrons. The monoisotopic (exact) mass is 394 g/mol. The van der Waals surface area contributed by atoms with Crippen LogP contribution in [-0.2, 0) is 9.59 Å². The van der Waals surface area contributed by atoms with Gasteiger partial charge in [-0.2, -0.15) is 0 Å². The van der Waals surface area contributed by atoms with Crippen molar-refractivity contribution < 1.29 is 14.3 Å². The summed E-state index contributed by atoms with van der Waals surface area (Å²) in [6.07, 6.45) is 0. The third kappa shape index (κ3) is 5.93. The summed E-state index contributed by atoms with van der Waals surface area (Å²) in [6.45, 7) is 5.30. The Morgan fingerprint density at radius 2 is 1.65 bits per heavy atom. The maximum absolute atomic E-state index is 12.0. The van der Waals surface area contributed by atoms with Gasteiger partial charge in [0.2, 0.25) is 5.91 Å². The molecule has 0 heterocycles. The summed E-state index contributed by atoms with van der Waals surface area (Å²) in [5.74, 6) is 0.0283. The molecule has 2 aromatic carbocycles. The van der Waals surface area contributed by atoms with Crippen molar-refractivity contribution in [2.45, 2.75) is 20.8 Å². The van der Waals surface area contributed by atoms with Gasteiger partial charge >= 0.3 is 0 Å². The van der Waals surface area contributed by atoms with Crippen molar-refractivity contribution in [1.29, 1.82) is 0 Å². The molecule has 0 spiro atoms. The summed E-state index contributed by atoms with van der Waals surface area (Å²) in [6, 6.07) is 11.7. The average Bonchev–Trinajstić information content (AvgIpc) is 2.56. The van der Waals surface area contributed by atoms with Gasteiger partial charge in [-0.1, -0.05) is 50.0 Å². The Kier molecular flexibility index (Phi) is 6.51. The van der Waals surface area contributed by atoms with E-state index in [1.54, 1.807) is 42.5 Å². The number of hydrogen-bond acceptors (Lipinski definition) is 3. The first kappa shape index (κ1) is 20.1. The van der Waals surface area contributed by atoms with Crippen LogP contribution in [0.2, 0.25) is 10.0 Å². The highest BCUT2D eigenvalue weighted by molar-refractivity contribution is 6.42. The van der Waals surface area contributed by atoms with Gasteiger partial charge in [0, 0.05) is 22.9 Å².